The molecule has 0 fully saturated rings. The van der Waals surface area contributed by atoms with E-state index >= 15 is 0 Å². The molecular formula is C22H24N2O3. The highest BCUT2D eigenvalue weighted by Gasteiger charge is 2.31. The highest BCUT2D eigenvalue weighted by atomic mass is 16.5. The van der Waals surface area contributed by atoms with Gasteiger partial charge in [0.15, 0.2) is 11.9 Å². The second-order valence-electron chi connectivity index (χ2n) is 7.64. The molecule has 1 aliphatic rings. The van der Waals surface area contributed by atoms with Gasteiger partial charge >= 0.3 is 6.09 Å². The van der Waals surface area contributed by atoms with Crippen LogP contribution in [0.25, 0.3) is 0 Å². The first-order valence-electron chi connectivity index (χ1n) is 9.01. The highest BCUT2D eigenvalue weighted by molar-refractivity contribution is 6.09. The topological polar surface area (TPSA) is 67.8 Å². The van der Waals surface area contributed by atoms with Crippen molar-refractivity contribution < 1.29 is 14.3 Å². The van der Waals surface area contributed by atoms with Crippen LogP contribution >= 0.6 is 0 Å². The largest absolute Gasteiger partial charge is 0.445 e. The van der Waals surface area contributed by atoms with Crippen molar-refractivity contribution in [3.8, 4) is 0 Å². The number of benzene rings is 2. The molecule has 1 unspecified atom stereocenters. The molecule has 1 aliphatic heterocycles. The zero-order chi connectivity index (χ0) is 19.4. The molecule has 0 saturated carbocycles. The van der Waals surface area contributed by atoms with Crippen LogP contribution in [0, 0.1) is 5.41 Å². The summed E-state index contributed by atoms with van der Waals surface area (Å²) in [5, 5.41) is 2.62. The summed E-state index contributed by atoms with van der Waals surface area (Å²) in [5.41, 5.74) is 3.30. The number of hydrogen-bond acceptors (Lipinski definition) is 4. The van der Waals surface area contributed by atoms with Crippen molar-refractivity contribution in [1.82, 2.24) is 5.32 Å². The van der Waals surface area contributed by atoms with Gasteiger partial charge in [-0.1, -0.05) is 75.4 Å². The van der Waals surface area contributed by atoms with Crippen molar-refractivity contribution in [3.63, 3.8) is 0 Å². The molecule has 2 aromatic rings. The Bertz CT molecular complexity index is 867. The maximum absolute atomic E-state index is 12.7. The molecular weight excluding hydrogens is 340 g/mol. The van der Waals surface area contributed by atoms with Crippen LogP contribution in [0.4, 0.5) is 4.79 Å². The summed E-state index contributed by atoms with van der Waals surface area (Å²) < 4.78 is 5.25. The first-order chi connectivity index (χ1) is 12.8. The molecule has 0 spiro atoms. The van der Waals surface area contributed by atoms with Crippen molar-refractivity contribution in [3.05, 3.63) is 71.3 Å². The van der Waals surface area contributed by atoms with Crippen molar-refractivity contribution in [2.24, 2.45) is 10.4 Å². The summed E-state index contributed by atoms with van der Waals surface area (Å²) in [6, 6.07) is 17.2. The lowest BCUT2D eigenvalue weighted by Crippen LogP contribution is -2.41. The molecule has 1 atom stereocenters. The molecule has 5 nitrogen and oxygen atoms in total. The first kappa shape index (κ1) is 18.8. The molecule has 5 heteroatoms. The second-order valence-corrected chi connectivity index (χ2v) is 7.64. The molecule has 0 bridgehead atoms. The zero-order valence-corrected chi connectivity index (χ0v) is 15.9. The fraction of sp³-hybridized carbons (Fsp3) is 0.318. The molecule has 1 heterocycles. The van der Waals surface area contributed by atoms with Crippen LogP contribution in [-0.2, 0) is 22.6 Å². The van der Waals surface area contributed by atoms with Crippen LogP contribution in [0.15, 0.2) is 59.6 Å². The van der Waals surface area contributed by atoms with Gasteiger partial charge in [0.05, 0.1) is 5.71 Å². The lowest BCUT2D eigenvalue weighted by molar-refractivity contribution is -0.120. The van der Waals surface area contributed by atoms with E-state index in [0.29, 0.717) is 0 Å². The smallest absolute Gasteiger partial charge is 0.409 e. The second kappa shape index (κ2) is 7.74. The summed E-state index contributed by atoms with van der Waals surface area (Å²) in [4.78, 5) is 29.5. The summed E-state index contributed by atoms with van der Waals surface area (Å²) in [7, 11) is 0. The molecule has 2 aromatic carbocycles. The molecule has 1 N–H and O–H groups in total. The number of carbonyl (C=O) groups is 2. The van der Waals surface area contributed by atoms with Crippen LogP contribution < -0.4 is 5.32 Å². The van der Waals surface area contributed by atoms with Gasteiger partial charge in [0.1, 0.15) is 6.61 Å². The number of ketones is 1. The van der Waals surface area contributed by atoms with E-state index < -0.39 is 12.3 Å². The lowest BCUT2D eigenvalue weighted by Gasteiger charge is -2.23. The van der Waals surface area contributed by atoms with Crippen LogP contribution in [0.3, 0.4) is 0 Å². The normalized spacial score (nSPS) is 16.8. The van der Waals surface area contributed by atoms with E-state index in [4.69, 9.17) is 4.74 Å². The minimum absolute atomic E-state index is 0.143. The number of hydrogen-bond donors (Lipinski definition) is 1. The third-order valence-corrected chi connectivity index (χ3v) is 4.38. The SMILES string of the molecule is CC(C)(C)C1=NC(NC(=O)OCc2ccccc2)C(=O)Cc2ccccc21. The van der Waals surface area contributed by atoms with Gasteiger partial charge in [-0.2, -0.15) is 0 Å². The van der Waals surface area contributed by atoms with Gasteiger partial charge in [0.25, 0.3) is 0 Å². The number of aliphatic imine (C=N–C) groups is 1. The van der Waals surface area contributed by atoms with Gasteiger partial charge in [0.2, 0.25) is 0 Å². The maximum atomic E-state index is 12.7. The van der Waals surface area contributed by atoms with Crippen LogP contribution in [0.1, 0.15) is 37.5 Å². The summed E-state index contributed by atoms with van der Waals surface area (Å²) in [5.74, 6) is -0.154. The minimum atomic E-state index is -0.949. The van der Waals surface area contributed by atoms with Crippen LogP contribution in [-0.4, -0.2) is 23.8 Å². The van der Waals surface area contributed by atoms with Gasteiger partial charge in [-0.25, -0.2) is 4.79 Å². The minimum Gasteiger partial charge on any atom is -0.445 e. The third kappa shape index (κ3) is 4.61. The van der Waals surface area contributed by atoms with E-state index in [2.05, 4.69) is 10.3 Å². The number of fused-ring (bicyclic) bond motifs is 1. The number of nitrogens with one attached hydrogen (secondary N) is 1. The average molecular weight is 364 g/mol. The summed E-state index contributed by atoms with van der Waals surface area (Å²) in [6.07, 6.45) is -1.38. The van der Waals surface area contributed by atoms with Crippen molar-refractivity contribution >= 4 is 17.6 Å². The van der Waals surface area contributed by atoms with Gasteiger partial charge in [-0.3, -0.25) is 15.1 Å². The van der Waals surface area contributed by atoms with E-state index in [9.17, 15) is 9.59 Å². The Hall–Kier alpha value is -2.95. The van der Waals surface area contributed by atoms with Gasteiger partial charge in [-0.15, -0.1) is 0 Å². The quantitative estimate of drug-likeness (QED) is 0.898. The van der Waals surface area contributed by atoms with Gasteiger partial charge in [0, 0.05) is 11.8 Å². The molecule has 0 aromatic heterocycles. The molecule has 27 heavy (non-hydrogen) atoms. The Morgan fingerprint density at radius 2 is 1.78 bits per heavy atom. The molecule has 0 radical (unpaired) electrons. The van der Waals surface area contributed by atoms with Crippen LogP contribution in [0.2, 0.25) is 0 Å². The molecule has 0 saturated heterocycles. The van der Waals surface area contributed by atoms with E-state index in [1.165, 1.54) is 0 Å². The number of amides is 1. The Labute approximate surface area is 159 Å². The first-order valence-corrected chi connectivity index (χ1v) is 9.01. The van der Waals surface area contributed by atoms with E-state index in [-0.39, 0.29) is 24.2 Å². The van der Waals surface area contributed by atoms with Crippen LogP contribution in [0.5, 0.6) is 0 Å². The van der Waals surface area contributed by atoms with Gasteiger partial charge in [-0.05, 0) is 16.7 Å². The molecule has 1 amide bonds. The molecule has 0 aliphatic carbocycles. The average Bonchev–Trinajstić information content (AvgIpc) is 2.77. The fourth-order valence-corrected chi connectivity index (χ4v) is 3.05. The molecule has 140 valence electrons. The monoisotopic (exact) mass is 364 g/mol. The van der Waals surface area contributed by atoms with Crippen molar-refractivity contribution in [2.75, 3.05) is 0 Å². The Kier molecular flexibility index (Phi) is 5.40. The van der Waals surface area contributed by atoms with E-state index in [0.717, 1.165) is 22.4 Å². The highest BCUT2D eigenvalue weighted by Crippen LogP contribution is 2.27. The maximum Gasteiger partial charge on any atom is 0.409 e. The fourth-order valence-electron chi connectivity index (χ4n) is 3.05. The standard InChI is InChI=1S/C22H24N2O3/c1-22(2,3)19-17-12-8-7-11-16(17)13-18(25)20(23-19)24-21(26)27-14-15-9-5-4-6-10-15/h4-12,20H,13-14H2,1-3H3,(H,24,26). The third-order valence-electron chi connectivity index (χ3n) is 4.38. The zero-order valence-electron chi connectivity index (χ0n) is 15.9. The number of Topliss-reactive ketones (excluding diaryl/α,β-unsaturated/α-hetero) is 1. The number of rotatable bonds is 3. The lowest BCUT2D eigenvalue weighted by atomic mass is 9.83. The van der Waals surface area contributed by atoms with E-state index in [1.807, 2.05) is 75.4 Å². The summed E-state index contributed by atoms with van der Waals surface area (Å²) >= 11 is 0. The predicted molar refractivity (Wildman–Crippen MR) is 105 cm³/mol. The van der Waals surface area contributed by atoms with Crippen molar-refractivity contribution in [1.29, 1.82) is 0 Å². The Balaban J connectivity index is 1.78. The Morgan fingerprint density at radius 1 is 1.11 bits per heavy atom. The number of nitrogens with zero attached hydrogens (tertiary/aromatic N) is 1. The van der Waals surface area contributed by atoms with Crippen molar-refractivity contribution in [2.45, 2.75) is 40.0 Å². The predicted octanol–water partition coefficient (Wildman–Crippen LogP) is 3.90. The number of alkyl carbamates (subject to hydrolysis) is 1. The van der Waals surface area contributed by atoms with Gasteiger partial charge < -0.3 is 4.74 Å². The molecule has 3 rings (SSSR count). The number of ether oxygens (including phenoxy) is 1. The van der Waals surface area contributed by atoms with E-state index in [1.54, 1.807) is 0 Å². The Morgan fingerprint density at radius 3 is 2.48 bits per heavy atom. The summed E-state index contributed by atoms with van der Waals surface area (Å²) in [6.45, 7) is 6.28. The number of carbonyl (C=O) groups excluding carboxylic acids is 2.